The van der Waals surface area contributed by atoms with Gasteiger partial charge in [-0.25, -0.2) is 8.42 Å². The molecular weight excluding hydrogens is 258 g/mol. The second-order valence-electron chi connectivity index (χ2n) is 5.02. The van der Waals surface area contributed by atoms with Crippen molar-refractivity contribution in [2.24, 2.45) is 0 Å². The first kappa shape index (κ1) is 12.6. The summed E-state index contributed by atoms with van der Waals surface area (Å²) in [4.78, 5) is 0.444. The van der Waals surface area contributed by atoms with Crippen molar-refractivity contribution < 1.29 is 8.42 Å². The molecule has 1 atom stereocenters. The summed E-state index contributed by atoms with van der Waals surface area (Å²) in [5, 5.41) is 4.93. The van der Waals surface area contributed by atoms with E-state index in [1.165, 1.54) is 0 Å². The largest absolute Gasteiger partial charge is 0.315 e. The van der Waals surface area contributed by atoms with Crippen molar-refractivity contribution in [3.8, 4) is 0 Å². The Hall–Kier alpha value is -1.39. The van der Waals surface area contributed by atoms with Gasteiger partial charge in [-0.15, -0.1) is 0 Å². The molecule has 0 aliphatic carbocycles. The minimum Gasteiger partial charge on any atom is -0.315 e. The van der Waals surface area contributed by atoms with Crippen molar-refractivity contribution in [1.82, 2.24) is 5.32 Å². The fourth-order valence-electron chi connectivity index (χ4n) is 2.62. The summed E-state index contributed by atoms with van der Waals surface area (Å²) >= 11 is 0. The number of piperidine rings is 1. The molecule has 1 heterocycles. The van der Waals surface area contributed by atoms with Gasteiger partial charge < -0.3 is 5.32 Å². The molecule has 0 spiro atoms. The van der Waals surface area contributed by atoms with Gasteiger partial charge in [0.1, 0.15) is 0 Å². The Morgan fingerprint density at radius 1 is 1.05 bits per heavy atom. The second kappa shape index (κ2) is 4.94. The quantitative estimate of drug-likeness (QED) is 0.915. The lowest BCUT2D eigenvalue weighted by atomic mass is 10.1. The van der Waals surface area contributed by atoms with Crippen LogP contribution in [0, 0.1) is 0 Å². The SMILES string of the molecule is O=S(=O)(c1ccc2ccccc2c1)C1CCCNC1. The van der Waals surface area contributed by atoms with Gasteiger partial charge in [-0.1, -0.05) is 30.3 Å². The zero-order valence-corrected chi connectivity index (χ0v) is 11.5. The van der Waals surface area contributed by atoms with E-state index in [9.17, 15) is 8.42 Å². The molecule has 0 amide bonds. The normalized spacial score (nSPS) is 20.5. The number of benzene rings is 2. The monoisotopic (exact) mass is 275 g/mol. The van der Waals surface area contributed by atoms with E-state index in [0.29, 0.717) is 11.4 Å². The van der Waals surface area contributed by atoms with E-state index in [4.69, 9.17) is 0 Å². The van der Waals surface area contributed by atoms with Gasteiger partial charge in [-0.3, -0.25) is 0 Å². The number of hydrogen-bond donors (Lipinski definition) is 1. The minimum absolute atomic E-state index is 0.289. The predicted molar refractivity (Wildman–Crippen MR) is 77.0 cm³/mol. The molecule has 1 N–H and O–H groups in total. The second-order valence-corrected chi connectivity index (χ2v) is 7.25. The maximum atomic E-state index is 12.6. The first-order valence-electron chi connectivity index (χ1n) is 6.61. The number of nitrogens with one attached hydrogen (secondary N) is 1. The van der Waals surface area contributed by atoms with Gasteiger partial charge in [-0.2, -0.15) is 0 Å². The van der Waals surface area contributed by atoms with Crippen LogP contribution in [0.5, 0.6) is 0 Å². The van der Waals surface area contributed by atoms with Crippen molar-refractivity contribution in [2.75, 3.05) is 13.1 Å². The van der Waals surface area contributed by atoms with Crippen LogP contribution in [0.1, 0.15) is 12.8 Å². The highest BCUT2D eigenvalue weighted by Gasteiger charge is 2.28. The van der Waals surface area contributed by atoms with E-state index in [-0.39, 0.29) is 5.25 Å². The highest BCUT2D eigenvalue weighted by molar-refractivity contribution is 7.92. The van der Waals surface area contributed by atoms with E-state index in [1.807, 2.05) is 30.3 Å². The summed E-state index contributed by atoms with van der Waals surface area (Å²) in [6.07, 6.45) is 1.68. The standard InChI is InChI=1S/C15H17NO2S/c17-19(18,15-6-3-9-16-11-15)14-8-7-12-4-1-2-5-13(12)10-14/h1-2,4-5,7-8,10,15-16H,3,6,9,11H2. The van der Waals surface area contributed by atoms with Gasteiger partial charge in [0.15, 0.2) is 9.84 Å². The summed E-state index contributed by atoms with van der Waals surface area (Å²) in [6, 6.07) is 13.2. The molecule has 2 aromatic carbocycles. The zero-order valence-electron chi connectivity index (χ0n) is 10.7. The van der Waals surface area contributed by atoms with Gasteiger partial charge in [0.2, 0.25) is 0 Å². The number of sulfone groups is 1. The number of fused-ring (bicyclic) bond motifs is 1. The van der Waals surface area contributed by atoms with Gasteiger partial charge in [0.05, 0.1) is 10.1 Å². The van der Waals surface area contributed by atoms with Gasteiger partial charge in [-0.05, 0) is 42.3 Å². The van der Waals surface area contributed by atoms with Crippen LogP contribution in [0.15, 0.2) is 47.4 Å². The van der Waals surface area contributed by atoms with Crippen molar-refractivity contribution in [3.05, 3.63) is 42.5 Å². The van der Waals surface area contributed by atoms with Crippen molar-refractivity contribution in [3.63, 3.8) is 0 Å². The van der Waals surface area contributed by atoms with Crippen LogP contribution < -0.4 is 5.32 Å². The summed E-state index contributed by atoms with van der Waals surface area (Å²) in [5.41, 5.74) is 0. The number of hydrogen-bond acceptors (Lipinski definition) is 3. The average Bonchev–Trinajstić information content (AvgIpc) is 2.47. The maximum Gasteiger partial charge on any atom is 0.182 e. The van der Waals surface area contributed by atoms with Crippen LogP contribution in [-0.2, 0) is 9.84 Å². The van der Waals surface area contributed by atoms with Crippen LogP contribution >= 0.6 is 0 Å². The fourth-order valence-corrected chi connectivity index (χ4v) is 4.37. The molecule has 1 saturated heterocycles. The Balaban J connectivity index is 2.02. The lowest BCUT2D eigenvalue weighted by Crippen LogP contribution is -2.38. The van der Waals surface area contributed by atoms with Crippen molar-refractivity contribution in [1.29, 1.82) is 0 Å². The lowest BCUT2D eigenvalue weighted by molar-refractivity contribution is 0.497. The summed E-state index contributed by atoms with van der Waals surface area (Å²) < 4.78 is 25.2. The molecule has 0 aromatic heterocycles. The molecule has 0 bridgehead atoms. The Kier molecular flexibility index (Phi) is 3.29. The topological polar surface area (TPSA) is 46.2 Å². The van der Waals surface area contributed by atoms with E-state index < -0.39 is 9.84 Å². The van der Waals surface area contributed by atoms with E-state index in [2.05, 4.69) is 5.32 Å². The molecule has 1 aliphatic heterocycles. The molecule has 2 aromatic rings. The molecule has 1 aliphatic rings. The summed E-state index contributed by atoms with van der Waals surface area (Å²) in [5.74, 6) is 0. The van der Waals surface area contributed by atoms with Crippen molar-refractivity contribution >= 4 is 20.6 Å². The van der Waals surface area contributed by atoms with Gasteiger partial charge >= 0.3 is 0 Å². The van der Waals surface area contributed by atoms with Gasteiger partial charge in [0, 0.05) is 6.54 Å². The molecule has 100 valence electrons. The molecule has 3 nitrogen and oxygen atoms in total. The molecule has 19 heavy (non-hydrogen) atoms. The molecule has 3 rings (SSSR count). The average molecular weight is 275 g/mol. The first-order valence-corrected chi connectivity index (χ1v) is 8.16. The van der Waals surface area contributed by atoms with Crippen LogP contribution in [0.3, 0.4) is 0 Å². The lowest BCUT2D eigenvalue weighted by Gasteiger charge is -2.23. The minimum atomic E-state index is -3.22. The third-order valence-corrected chi connectivity index (χ3v) is 5.93. The van der Waals surface area contributed by atoms with Crippen LogP contribution in [0.25, 0.3) is 10.8 Å². The van der Waals surface area contributed by atoms with Crippen LogP contribution in [0.4, 0.5) is 0 Å². The van der Waals surface area contributed by atoms with E-state index in [1.54, 1.807) is 12.1 Å². The first-order chi connectivity index (χ1) is 9.18. The smallest absolute Gasteiger partial charge is 0.182 e. The highest BCUT2D eigenvalue weighted by Crippen LogP contribution is 2.24. The molecule has 0 radical (unpaired) electrons. The van der Waals surface area contributed by atoms with Gasteiger partial charge in [0.25, 0.3) is 0 Å². The Bertz CT molecular complexity index is 688. The zero-order chi connectivity index (χ0) is 13.3. The molecule has 4 heteroatoms. The number of rotatable bonds is 2. The maximum absolute atomic E-state index is 12.6. The third kappa shape index (κ3) is 2.38. The van der Waals surface area contributed by atoms with Crippen molar-refractivity contribution in [2.45, 2.75) is 23.0 Å². The fraction of sp³-hybridized carbons (Fsp3) is 0.333. The Morgan fingerprint density at radius 3 is 2.58 bits per heavy atom. The highest BCUT2D eigenvalue weighted by atomic mass is 32.2. The molecule has 1 unspecified atom stereocenters. The molecule has 1 fully saturated rings. The Labute approximate surface area is 113 Å². The summed E-state index contributed by atoms with van der Waals surface area (Å²) in [6.45, 7) is 1.49. The summed E-state index contributed by atoms with van der Waals surface area (Å²) in [7, 11) is -3.22. The predicted octanol–water partition coefficient (Wildman–Crippen LogP) is 2.37. The Morgan fingerprint density at radius 2 is 1.84 bits per heavy atom. The van der Waals surface area contributed by atoms with Crippen LogP contribution in [0.2, 0.25) is 0 Å². The third-order valence-electron chi connectivity index (χ3n) is 3.74. The van der Waals surface area contributed by atoms with E-state index >= 15 is 0 Å². The molecular formula is C15H17NO2S. The van der Waals surface area contributed by atoms with E-state index in [0.717, 1.165) is 30.2 Å². The molecule has 0 saturated carbocycles. The van der Waals surface area contributed by atoms with Crippen LogP contribution in [-0.4, -0.2) is 26.8 Å².